The SMILES string of the molecule is CC(C)=C(C[Si](C)(C)C)C(CCCc1ccco1)S(=O)(=O)c1ccc(C)cc1. The normalized spacial score (nSPS) is 13.4. The van der Waals surface area contributed by atoms with Gasteiger partial charge in [-0.2, -0.15) is 0 Å². The summed E-state index contributed by atoms with van der Waals surface area (Å²) in [6.45, 7) is 13.0. The van der Waals surface area contributed by atoms with Gasteiger partial charge < -0.3 is 4.42 Å². The number of furan rings is 1. The number of sulfone groups is 1. The summed E-state index contributed by atoms with van der Waals surface area (Å²) in [4.78, 5) is 0.426. The second-order valence-electron chi connectivity index (χ2n) is 9.08. The van der Waals surface area contributed by atoms with E-state index in [4.69, 9.17) is 4.42 Å². The van der Waals surface area contributed by atoms with Crippen molar-refractivity contribution in [3.8, 4) is 0 Å². The van der Waals surface area contributed by atoms with Crippen LogP contribution in [0.3, 0.4) is 0 Å². The van der Waals surface area contributed by atoms with E-state index < -0.39 is 23.2 Å². The zero-order chi connectivity index (χ0) is 20.9. The van der Waals surface area contributed by atoms with Crippen molar-refractivity contribution in [1.82, 2.24) is 0 Å². The molecule has 1 unspecified atom stereocenters. The predicted molar refractivity (Wildman–Crippen MR) is 120 cm³/mol. The maximum atomic E-state index is 13.6. The van der Waals surface area contributed by atoms with Gasteiger partial charge in [0.1, 0.15) is 5.76 Å². The Labute approximate surface area is 171 Å². The highest BCUT2D eigenvalue weighted by Gasteiger charge is 2.33. The molecule has 0 N–H and O–H groups in total. The van der Waals surface area contributed by atoms with E-state index in [9.17, 15) is 8.42 Å². The molecule has 1 aromatic heterocycles. The molecule has 0 saturated carbocycles. The molecule has 0 aliphatic heterocycles. The molecule has 0 fully saturated rings. The monoisotopic (exact) mass is 418 g/mol. The first-order valence-corrected chi connectivity index (χ1v) is 15.3. The van der Waals surface area contributed by atoms with Gasteiger partial charge in [0.15, 0.2) is 9.84 Å². The van der Waals surface area contributed by atoms with E-state index in [0.29, 0.717) is 11.3 Å². The van der Waals surface area contributed by atoms with E-state index >= 15 is 0 Å². The molecule has 0 amide bonds. The fraction of sp³-hybridized carbons (Fsp3) is 0.478. The quantitative estimate of drug-likeness (QED) is 0.348. The Morgan fingerprint density at radius 2 is 1.71 bits per heavy atom. The molecule has 2 aromatic rings. The lowest BCUT2D eigenvalue weighted by Gasteiger charge is -2.27. The summed E-state index contributed by atoms with van der Waals surface area (Å²) in [5.41, 5.74) is 3.32. The summed E-state index contributed by atoms with van der Waals surface area (Å²) < 4.78 is 32.7. The summed E-state index contributed by atoms with van der Waals surface area (Å²) in [7, 11) is -4.91. The molecular formula is C23H34O3SSi. The molecule has 1 aromatic carbocycles. The van der Waals surface area contributed by atoms with Gasteiger partial charge in [-0.05, 0) is 63.9 Å². The Morgan fingerprint density at radius 1 is 1.07 bits per heavy atom. The Kier molecular flexibility index (Phi) is 7.51. The summed E-state index contributed by atoms with van der Waals surface area (Å²) in [5, 5.41) is -0.470. The molecule has 3 nitrogen and oxygen atoms in total. The number of allylic oxidation sites excluding steroid dienone is 1. The van der Waals surface area contributed by atoms with E-state index in [-0.39, 0.29) is 0 Å². The summed E-state index contributed by atoms with van der Waals surface area (Å²) >= 11 is 0. The average molecular weight is 419 g/mol. The van der Waals surface area contributed by atoms with Crippen molar-refractivity contribution in [3.05, 3.63) is 65.1 Å². The van der Waals surface area contributed by atoms with E-state index in [1.54, 1.807) is 18.4 Å². The molecule has 1 atom stereocenters. The molecule has 5 heteroatoms. The van der Waals surface area contributed by atoms with E-state index in [0.717, 1.165) is 41.4 Å². The second-order valence-corrected chi connectivity index (χ2v) is 16.7. The maximum absolute atomic E-state index is 13.6. The molecule has 0 spiro atoms. The zero-order valence-corrected chi connectivity index (χ0v) is 19.9. The van der Waals surface area contributed by atoms with E-state index in [1.165, 1.54) is 0 Å². The summed E-state index contributed by atoms with van der Waals surface area (Å²) in [6.07, 6.45) is 3.83. The Hall–Kier alpha value is -1.59. The van der Waals surface area contributed by atoms with Crippen LogP contribution in [0, 0.1) is 6.92 Å². The zero-order valence-electron chi connectivity index (χ0n) is 18.1. The van der Waals surface area contributed by atoms with Gasteiger partial charge in [0.05, 0.1) is 16.4 Å². The fourth-order valence-electron chi connectivity index (χ4n) is 3.51. The Bertz CT molecular complexity index is 882. The smallest absolute Gasteiger partial charge is 0.185 e. The highest BCUT2D eigenvalue weighted by atomic mass is 32.2. The molecule has 0 saturated heterocycles. The molecule has 154 valence electrons. The molecule has 0 bridgehead atoms. The lowest BCUT2D eigenvalue weighted by molar-refractivity contribution is 0.495. The van der Waals surface area contributed by atoms with Gasteiger partial charge >= 0.3 is 0 Å². The van der Waals surface area contributed by atoms with Crippen LogP contribution in [-0.4, -0.2) is 21.7 Å². The number of hydrogen-bond acceptors (Lipinski definition) is 3. The van der Waals surface area contributed by atoms with Crippen LogP contribution in [0.2, 0.25) is 25.7 Å². The summed E-state index contributed by atoms with van der Waals surface area (Å²) in [6, 6.07) is 12.0. The van der Waals surface area contributed by atoms with E-state index in [1.807, 2.05) is 31.2 Å². The highest BCUT2D eigenvalue weighted by Crippen LogP contribution is 2.33. The molecule has 1 heterocycles. The van der Waals surface area contributed by atoms with Crippen LogP contribution in [0.15, 0.2) is 63.1 Å². The van der Waals surface area contributed by atoms with Crippen LogP contribution in [0.4, 0.5) is 0 Å². The first-order chi connectivity index (χ1) is 13.0. The van der Waals surface area contributed by atoms with Gasteiger partial charge in [-0.1, -0.05) is 48.5 Å². The molecule has 0 radical (unpaired) electrons. The van der Waals surface area contributed by atoms with Gasteiger partial charge in [-0.15, -0.1) is 0 Å². The van der Waals surface area contributed by atoms with Crippen molar-refractivity contribution in [3.63, 3.8) is 0 Å². The average Bonchev–Trinajstić information content (AvgIpc) is 3.09. The third kappa shape index (κ3) is 6.21. The Morgan fingerprint density at radius 3 is 2.21 bits per heavy atom. The van der Waals surface area contributed by atoms with E-state index in [2.05, 4.69) is 33.5 Å². The molecule has 28 heavy (non-hydrogen) atoms. The third-order valence-corrected chi connectivity index (χ3v) is 8.59. The minimum Gasteiger partial charge on any atom is -0.469 e. The molecular weight excluding hydrogens is 384 g/mol. The van der Waals surface area contributed by atoms with Crippen LogP contribution in [-0.2, 0) is 16.3 Å². The van der Waals surface area contributed by atoms with Crippen molar-refractivity contribution in [2.24, 2.45) is 0 Å². The van der Waals surface area contributed by atoms with Crippen LogP contribution in [0.25, 0.3) is 0 Å². The van der Waals surface area contributed by atoms with Crippen LogP contribution < -0.4 is 0 Å². The molecule has 0 aliphatic rings. The van der Waals surface area contributed by atoms with Gasteiger partial charge in [-0.25, -0.2) is 8.42 Å². The van der Waals surface area contributed by atoms with Crippen molar-refractivity contribution in [1.29, 1.82) is 0 Å². The fourth-order valence-corrected chi connectivity index (χ4v) is 7.41. The molecule has 2 rings (SSSR count). The largest absolute Gasteiger partial charge is 0.469 e. The number of aryl methyl sites for hydroxylation is 2. The van der Waals surface area contributed by atoms with Crippen LogP contribution in [0.5, 0.6) is 0 Å². The highest BCUT2D eigenvalue weighted by molar-refractivity contribution is 7.92. The van der Waals surface area contributed by atoms with Gasteiger partial charge in [0.2, 0.25) is 0 Å². The minimum atomic E-state index is -3.44. The third-order valence-electron chi connectivity index (χ3n) is 4.95. The number of benzene rings is 1. The van der Waals surface area contributed by atoms with Crippen molar-refractivity contribution < 1.29 is 12.8 Å². The van der Waals surface area contributed by atoms with Gasteiger partial charge in [0.25, 0.3) is 0 Å². The van der Waals surface area contributed by atoms with Crippen molar-refractivity contribution >= 4 is 17.9 Å². The Balaban J connectivity index is 2.38. The van der Waals surface area contributed by atoms with Crippen molar-refractivity contribution in [2.75, 3.05) is 0 Å². The standard InChI is InChI=1S/C23H34O3SSi/c1-18(2)22(17-28(4,5)6)23(11-7-9-20-10-8-16-26-20)27(24,25)21-14-12-19(3)13-15-21/h8,10,12-16,23H,7,9,11,17H2,1-6H3. The lowest BCUT2D eigenvalue weighted by Crippen LogP contribution is -2.30. The lowest BCUT2D eigenvalue weighted by atomic mass is 10.0. The predicted octanol–water partition coefficient (Wildman–Crippen LogP) is 6.43. The first-order valence-electron chi connectivity index (χ1n) is 10.00. The maximum Gasteiger partial charge on any atom is 0.185 e. The first kappa shape index (κ1) is 22.7. The van der Waals surface area contributed by atoms with Gasteiger partial charge in [0, 0.05) is 14.5 Å². The van der Waals surface area contributed by atoms with Crippen LogP contribution >= 0.6 is 0 Å². The topological polar surface area (TPSA) is 47.3 Å². The van der Waals surface area contributed by atoms with Crippen molar-refractivity contribution in [2.45, 2.75) is 75.9 Å². The molecule has 0 aliphatic carbocycles. The van der Waals surface area contributed by atoms with Gasteiger partial charge in [-0.3, -0.25) is 0 Å². The van der Waals surface area contributed by atoms with Crippen LogP contribution in [0.1, 0.15) is 38.0 Å². The second kappa shape index (κ2) is 9.27. The minimum absolute atomic E-state index is 0.426. The number of hydrogen-bond donors (Lipinski definition) is 0. The number of rotatable bonds is 9. The summed E-state index contributed by atoms with van der Waals surface area (Å²) in [5.74, 6) is 0.912.